The summed E-state index contributed by atoms with van der Waals surface area (Å²) in [6.07, 6.45) is 5.75. The fourth-order valence-electron chi connectivity index (χ4n) is 4.08. The average molecular weight is 573 g/mol. The second kappa shape index (κ2) is 10.3. The van der Waals surface area contributed by atoms with Gasteiger partial charge in [-0.3, -0.25) is 0 Å². The summed E-state index contributed by atoms with van der Waals surface area (Å²) in [6.45, 7) is 5.89. The zero-order valence-electron chi connectivity index (χ0n) is 18.6. The molecular formula is C24H24IN5O4. The van der Waals surface area contributed by atoms with Gasteiger partial charge in [0.05, 0.1) is 30.7 Å². The van der Waals surface area contributed by atoms with Crippen molar-refractivity contribution >= 4 is 51.6 Å². The minimum atomic E-state index is -0.465. The molecule has 0 unspecified atom stereocenters. The minimum absolute atomic E-state index is 0.000686. The van der Waals surface area contributed by atoms with Crippen molar-refractivity contribution in [1.29, 1.82) is 0 Å². The van der Waals surface area contributed by atoms with Crippen LogP contribution in [0.15, 0.2) is 61.0 Å². The molecule has 2 N–H and O–H groups in total. The van der Waals surface area contributed by atoms with E-state index in [1.54, 1.807) is 49.7 Å². The molecule has 176 valence electrons. The number of esters is 2. The largest absolute Gasteiger partial charge is 0.462 e. The standard InChI is InChI=1S/C24H24IN5O4/c1-3-7-14(2)22(31)33-11-16-10-18(17(16)12-34-23(32)15-8-5-4-6-9-15)30-13-27-21-19(30)20(25)28-24(26)29-21/h3-9,13,16-18H,2,10-12H2,1H3,(H2,26,28,29)/b7-3+/t16-,17-,18-/m1/s1. The second-order valence-corrected chi connectivity index (χ2v) is 9.03. The topological polar surface area (TPSA) is 122 Å². The van der Waals surface area contributed by atoms with Gasteiger partial charge in [-0.1, -0.05) is 36.9 Å². The third-order valence-corrected chi connectivity index (χ3v) is 6.63. The summed E-state index contributed by atoms with van der Waals surface area (Å²) in [6, 6.07) is 8.80. The summed E-state index contributed by atoms with van der Waals surface area (Å²) >= 11 is 2.11. The third kappa shape index (κ3) is 4.96. The molecule has 9 nitrogen and oxygen atoms in total. The van der Waals surface area contributed by atoms with Crippen molar-refractivity contribution < 1.29 is 19.1 Å². The molecule has 0 saturated heterocycles. The number of nitrogen functional groups attached to an aromatic ring is 1. The molecule has 2 heterocycles. The zero-order valence-corrected chi connectivity index (χ0v) is 20.7. The normalized spacial score (nSPS) is 19.6. The molecule has 0 aliphatic heterocycles. The maximum atomic E-state index is 12.5. The molecular weight excluding hydrogens is 549 g/mol. The van der Waals surface area contributed by atoms with Crippen LogP contribution < -0.4 is 5.73 Å². The van der Waals surface area contributed by atoms with Crippen molar-refractivity contribution in [2.24, 2.45) is 11.8 Å². The molecule has 1 fully saturated rings. The van der Waals surface area contributed by atoms with Crippen LogP contribution in [0.3, 0.4) is 0 Å². The number of carbonyl (C=O) groups excluding carboxylic acids is 2. The summed E-state index contributed by atoms with van der Waals surface area (Å²) in [5, 5.41) is 0. The van der Waals surface area contributed by atoms with Crippen molar-refractivity contribution in [3.8, 4) is 0 Å². The van der Waals surface area contributed by atoms with E-state index >= 15 is 0 Å². The van der Waals surface area contributed by atoms with E-state index in [4.69, 9.17) is 15.2 Å². The van der Waals surface area contributed by atoms with Crippen LogP contribution >= 0.6 is 22.6 Å². The summed E-state index contributed by atoms with van der Waals surface area (Å²) < 4.78 is 13.8. The number of anilines is 1. The van der Waals surface area contributed by atoms with Crippen molar-refractivity contribution in [2.75, 3.05) is 18.9 Å². The number of benzene rings is 1. The highest BCUT2D eigenvalue weighted by Crippen LogP contribution is 2.46. The molecule has 0 amide bonds. The number of rotatable bonds is 8. The van der Waals surface area contributed by atoms with Gasteiger partial charge in [-0.25, -0.2) is 19.6 Å². The van der Waals surface area contributed by atoms with Gasteiger partial charge in [0.2, 0.25) is 5.95 Å². The van der Waals surface area contributed by atoms with Gasteiger partial charge >= 0.3 is 11.9 Å². The Labute approximate surface area is 210 Å². The number of fused-ring (bicyclic) bond motifs is 1. The Morgan fingerprint density at radius 3 is 2.74 bits per heavy atom. The van der Waals surface area contributed by atoms with E-state index in [0.29, 0.717) is 21.3 Å². The number of hydrogen-bond acceptors (Lipinski definition) is 8. The number of ether oxygens (including phenoxy) is 2. The number of hydrogen-bond donors (Lipinski definition) is 1. The zero-order chi connectivity index (χ0) is 24.2. The molecule has 3 atom stereocenters. The number of nitrogens with zero attached hydrogens (tertiary/aromatic N) is 4. The molecule has 1 aliphatic carbocycles. The van der Waals surface area contributed by atoms with Crippen molar-refractivity contribution in [1.82, 2.24) is 19.5 Å². The fourth-order valence-corrected chi connectivity index (χ4v) is 4.85. The van der Waals surface area contributed by atoms with Gasteiger partial charge in [-0.2, -0.15) is 4.98 Å². The Kier molecular flexibility index (Phi) is 7.25. The molecule has 10 heteroatoms. The van der Waals surface area contributed by atoms with Crippen LogP contribution in [0.1, 0.15) is 29.7 Å². The summed E-state index contributed by atoms with van der Waals surface area (Å²) in [5.41, 5.74) is 7.81. The van der Waals surface area contributed by atoms with E-state index in [0.717, 1.165) is 5.52 Å². The summed E-state index contributed by atoms with van der Waals surface area (Å²) in [5.74, 6) is -0.796. The lowest BCUT2D eigenvalue weighted by Crippen LogP contribution is -2.44. The lowest BCUT2D eigenvalue weighted by Gasteiger charge is -2.44. The van der Waals surface area contributed by atoms with Gasteiger partial charge < -0.3 is 19.8 Å². The second-order valence-electron chi connectivity index (χ2n) is 8.01. The Balaban J connectivity index is 1.52. The number of carbonyl (C=O) groups is 2. The van der Waals surface area contributed by atoms with E-state index in [9.17, 15) is 9.59 Å². The van der Waals surface area contributed by atoms with Crippen molar-refractivity contribution in [3.05, 3.63) is 70.2 Å². The van der Waals surface area contributed by atoms with Gasteiger partial charge in [0.1, 0.15) is 9.22 Å². The van der Waals surface area contributed by atoms with Gasteiger partial charge in [-0.15, -0.1) is 0 Å². The molecule has 0 radical (unpaired) electrons. The monoisotopic (exact) mass is 573 g/mol. The Bertz CT molecular complexity index is 1260. The third-order valence-electron chi connectivity index (χ3n) is 5.88. The molecule has 3 aromatic rings. The number of aromatic nitrogens is 4. The van der Waals surface area contributed by atoms with Crippen LogP contribution in [0, 0.1) is 15.5 Å². The number of allylic oxidation sites excluding steroid dienone is 1. The van der Waals surface area contributed by atoms with E-state index in [1.165, 1.54) is 0 Å². The van der Waals surface area contributed by atoms with Crippen LogP contribution in [0.4, 0.5) is 5.95 Å². The van der Waals surface area contributed by atoms with Crippen LogP contribution in [-0.2, 0) is 14.3 Å². The number of imidazole rings is 1. The van der Waals surface area contributed by atoms with E-state index in [2.05, 4.69) is 44.1 Å². The van der Waals surface area contributed by atoms with Crippen LogP contribution in [0.25, 0.3) is 11.2 Å². The maximum Gasteiger partial charge on any atom is 0.338 e. The maximum absolute atomic E-state index is 12.5. The molecule has 0 spiro atoms. The SMILES string of the molecule is C=C(/C=C/C)C(=O)OC[C@H]1C[C@@H](n2cnc3nc(N)nc(I)c32)[C@@H]1COC(=O)c1ccccc1. The molecule has 1 aliphatic rings. The quantitative estimate of drug-likeness (QED) is 0.142. The first-order valence-corrected chi connectivity index (χ1v) is 11.8. The Morgan fingerprint density at radius 1 is 1.24 bits per heavy atom. The van der Waals surface area contributed by atoms with Crippen LogP contribution in [-0.4, -0.2) is 44.7 Å². The van der Waals surface area contributed by atoms with E-state index in [-0.39, 0.29) is 42.6 Å². The average Bonchev–Trinajstić information content (AvgIpc) is 3.22. The predicted octanol–water partition coefficient (Wildman–Crippen LogP) is 3.72. The molecule has 1 saturated carbocycles. The summed E-state index contributed by atoms with van der Waals surface area (Å²) in [7, 11) is 0. The molecule has 2 aromatic heterocycles. The first-order chi connectivity index (χ1) is 16.4. The highest BCUT2D eigenvalue weighted by Gasteiger charge is 2.44. The van der Waals surface area contributed by atoms with Crippen LogP contribution in [0.2, 0.25) is 0 Å². The van der Waals surface area contributed by atoms with Crippen LogP contribution in [0.5, 0.6) is 0 Å². The van der Waals surface area contributed by atoms with E-state index in [1.807, 2.05) is 10.6 Å². The summed E-state index contributed by atoms with van der Waals surface area (Å²) in [4.78, 5) is 37.6. The molecule has 4 rings (SSSR count). The molecule has 0 bridgehead atoms. The first kappa shape index (κ1) is 23.9. The van der Waals surface area contributed by atoms with Gasteiger partial charge in [0.15, 0.2) is 5.65 Å². The Hall–Kier alpha value is -3.28. The van der Waals surface area contributed by atoms with E-state index < -0.39 is 11.9 Å². The fraction of sp³-hybridized carbons (Fsp3) is 0.292. The lowest BCUT2D eigenvalue weighted by atomic mass is 9.69. The lowest BCUT2D eigenvalue weighted by molar-refractivity contribution is -0.143. The minimum Gasteiger partial charge on any atom is -0.462 e. The number of nitrogens with two attached hydrogens (primary N) is 1. The molecule has 34 heavy (non-hydrogen) atoms. The molecule has 1 aromatic carbocycles. The highest BCUT2D eigenvalue weighted by atomic mass is 127. The predicted molar refractivity (Wildman–Crippen MR) is 135 cm³/mol. The van der Waals surface area contributed by atoms with Gasteiger partial charge in [-0.05, 0) is 48.1 Å². The van der Waals surface area contributed by atoms with Crippen molar-refractivity contribution in [2.45, 2.75) is 19.4 Å². The number of halogens is 1. The highest BCUT2D eigenvalue weighted by molar-refractivity contribution is 14.1. The van der Waals surface area contributed by atoms with Crippen molar-refractivity contribution in [3.63, 3.8) is 0 Å². The van der Waals surface area contributed by atoms with Gasteiger partial charge in [0, 0.05) is 17.9 Å². The first-order valence-electron chi connectivity index (χ1n) is 10.8. The smallest absolute Gasteiger partial charge is 0.338 e. The Morgan fingerprint density at radius 2 is 2.00 bits per heavy atom. The van der Waals surface area contributed by atoms with Gasteiger partial charge in [0.25, 0.3) is 0 Å².